The molecule has 2 aromatic heterocycles. The van der Waals surface area contributed by atoms with Crippen molar-refractivity contribution < 1.29 is 0 Å². The average molecular weight is 454 g/mol. The number of nitrogens with zero attached hydrogens (tertiary/aromatic N) is 5. The van der Waals surface area contributed by atoms with Gasteiger partial charge in [0.05, 0.1) is 0 Å². The maximum Gasteiger partial charge on any atom is 0.193 e. The van der Waals surface area contributed by atoms with Crippen molar-refractivity contribution in [1.82, 2.24) is 24.8 Å². The van der Waals surface area contributed by atoms with E-state index in [2.05, 4.69) is 29.8 Å². The van der Waals surface area contributed by atoms with Gasteiger partial charge in [-0.2, -0.15) is 0 Å². The Morgan fingerprint density at radius 1 is 1.20 bits per heavy atom. The van der Waals surface area contributed by atoms with Crippen molar-refractivity contribution in [2.45, 2.75) is 32.1 Å². The van der Waals surface area contributed by atoms with Crippen LogP contribution in [0.3, 0.4) is 0 Å². The number of rotatable bonds is 3. The molecule has 2 atom stereocenters. The van der Waals surface area contributed by atoms with Crippen LogP contribution in [0.5, 0.6) is 0 Å². The van der Waals surface area contributed by atoms with Crippen LogP contribution in [0.1, 0.15) is 31.5 Å². The maximum absolute atomic E-state index is 4.50. The van der Waals surface area contributed by atoms with E-state index in [0.29, 0.717) is 0 Å². The first-order valence-electron chi connectivity index (χ1n) is 9.09. The first kappa shape index (κ1) is 18.4. The van der Waals surface area contributed by atoms with Gasteiger partial charge in [-0.1, -0.05) is 18.9 Å². The van der Waals surface area contributed by atoms with Gasteiger partial charge < -0.3 is 10.2 Å². The molecular formula is C18H27IN6. The van der Waals surface area contributed by atoms with E-state index in [9.17, 15) is 0 Å². The smallest absolute Gasteiger partial charge is 0.193 e. The molecular weight excluding hydrogens is 427 g/mol. The van der Waals surface area contributed by atoms with Gasteiger partial charge in [0.15, 0.2) is 11.6 Å². The van der Waals surface area contributed by atoms with Crippen LogP contribution >= 0.6 is 24.0 Å². The second-order valence-corrected chi connectivity index (χ2v) is 6.98. The highest BCUT2D eigenvalue weighted by Gasteiger charge is 2.35. The van der Waals surface area contributed by atoms with Crippen LogP contribution in [0, 0.1) is 11.8 Å². The first-order valence-corrected chi connectivity index (χ1v) is 9.09. The minimum absolute atomic E-state index is 0. The summed E-state index contributed by atoms with van der Waals surface area (Å²) in [5, 5.41) is 12.0. The molecule has 2 fully saturated rings. The van der Waals surface area contributed by atoms with Crippen molar-refractivity contribution in [2.24, 2.45) is 16.8 Å². The van der Waals surface area contributed by atoms with E-state index < -0.39 is 0 Å². The predicted molar refractivity (Wildman–Crippen MR) is 110 cm³/mol. The zero-order valence-corrected chi connectivity index (χ0v) is 17.1. The van der Waals surface area contributed by atoms with Crippen LogP contribution in [0.25, 0.3) is 5.65 Å². The zero-order valence-electron chi connectivity index (χ0n) is 14.8. The Balaban J connectivity index is 0.00000182. The van der Waals surface area contributed by atoms with Crippen LogP contribution < -0.4 is 5.32 Å². The SMILES string of the molecule is CN=C(NCCc1nnc2ccccn12)N1CC2CCCCC2C1.I. The summed E-state index contributed by atoms with van der Waals surface area (Å²) >= 11 is 0. The lowest BCUT2D eigenvalue weighted by Gasteiger charge is -2.22. The summed E-state index contributed by atoms with van der Waals surface area (Å²) in [6.45, 7) is 3.16. The monoisotopic (exact) mass is 454 g/mol. The van der Waals surface area contributed by atoms with Gasteiger partial charge in [0.25, 0.3) is 0 Å². The number of hydrogen-bond acceptors (Lipinski definition) is 3. The lowest BCUT2D eigenvalue weighted by molar-refractivity contribution is 0.299. The molecule has 1 saturated heterocycles. The van der Waals surface area contributed by atoms with Crippen molar-refractivity contribution in [3.8, 4) is 0 Å². The molecule has 6 nitrogen and oxygen atoms in total. The zero-order chi connectivity index (χ0) is 16.4. The molecule has 4 rings (SSSR count). The molecule has 1 saturated carbocycles. The topological polar surface area (TPSA) is 57.8 Å². The number of likely N-dealkylation sites (tertiary alicyclic amines) is 1. The number of nitrogens with one attached hydrogen (secondary N) is 1. The number of aromatic nitrogens is 3. The predicted octanol–water partition coefficient (Wildman–Crippen LogP) is 2.59. The van der Waals surface area contributed by atoms with Crippen molar-refractivity contribution >= 4 is 35.6 Å². The summed E-state index contributed by atoms with van der Waals surface area (Å²) in [5.74, 6) is 3.78. The van der Waals surface area contributed by atoms with Gasteiger partial charge in [0.1, 0.15) is 5.82 Å². The fourth-order valence-corrected chi connectivity index (χ4v) is 4.26. The molecule has 3 heterocycles. The number of aliphatic imine (C=N–C) groups is 1. The summed E-state index contributed by atoms with van der Waals surface area (Å²) < 4.78 is 2.05. The molecule has 7 heteroatoms. The Bertz CT molecular complexity index is 713. The largest absolute Gasteiger partial charge is 0.356 e. The third-order valence-electron chi connectivity index (χ3n) is 5.50. The fourth-order valence-electron chi connectivity index (χ4n) is 4.26. The van der Waals surface area contributed by atoms with Crippen molar-refractivity contribution in [3.63, 3.8) is 0 Å². The van der Waals surface area contributed by atoms with Gasteiger partial charge >= 0.3 is 0 Å². The van der Waals surface area contributed by atoms with Crippen LogP contribution in [0.4, 0.5) is 0 Å². The Kier molecular flexibility index (Phi) is 6.14. The molecule has 0 amide bonds. The third kappa shape index (κ3) is 3.91. The number of fused-ring (bicyclic) bond motifs is 2. The minimum Gasteiger partial charge on any atom is -0.356 e. The van der Waals surface area contributed by atoms with E-state index in [0.717, 1.165) is 55.3 Å². The lowest BCUT2D eigenvalue weighted by Crippen LogP contribution is -2.41. The van der Waals surface area contributed by atoms with Crippen LogP contribution in [0.2, 0.25) is 0 Å². The molecule has 1 aliphatic carbocycles. The quantitative estimate of drug-likeness (QED) is 0.440. The second-order valence-electron chi connectivity index (χ2n) is 6.98. The van der Waals surface area contributed by atoms with Gasteiger partial charge in [-0.25, -0.2) is 0 Å². The second kappa shape index (κ2) is 8.33. The summed E-state index contributed by atoms with van der Waals surface area (Å²) in [7, 11) is 1.89. The number of hydrogen-bond donors (Lipinski definition) is 1. The van der Waals surface area contributed by atoms with Gasteiger partial charge in [-0.15, -0.1) is 34.2 Å². The van der Waals surface area contributed by atoms with E-state index >= 15 is 0 Å². The molecule has 0 bridgehead atoms. The number of guanidine groups is 1. The molecule has 2 unspecified atom stereocenters. The van der Waals surface area contributed by atoms with E-state index in [1.165, 1.54) is 25.7 Å². The lowest BCUT2D eigenvalue weighted by atomic mass is 9.82. The van der Waals surface area contributed by atoms with Gasteiger partial charge in [0, 0.05) is 39.3 Å². The Labute approximate surface area is 166 Å². The van der Waals surface area contributed by atoms with E-state index in [1.807, 2.05) is 31.4 Å². The molecule has 2 aliphatic rings. The van der Waals surface area contributed by atoms with Crippen LogP contribution in [0.15, 0.2) is 29.4 Å². The summed E-state index contributed by atoms with van der Waals surface area (Å²) in [6.07, 6.45) is 8.45. The van der Waals surface area contributed by atoms with E-state index in [1.54, 1.807) is 0 Å². The number of halogens is 1. The molecule has 0 spiro atoms. The van der Waals surface area contributed by atoms with Gasteiger partial charge in [-0.05, 0) is 36.8 Å². The van der Waals surface area contributed by atoms with Gasteiger partial charge in [-0.3, -0.25) is 9.39 Å². The Morgan fingerprint density at radius 3 is 2.68 bits per heavy atom. The van der Waals surface area contributed by atoms with Gasteiger partial charge in [0.2, 0.25) is 0 Å². The highest BCUT2D eigenvalue weighted by atomic mass is 127. The standard InChI is InChI=1S/C18H26N6.HI/c1-19-18(23-12-14-6-2-3-7-15(14)13-23)20-10-9-17-22-21-16-8-4-5-11-24(16)17;/h4-5,8,11,14-15H,2-3,6-7,9-10,12-13H2,1H3,(H,19,20);1H. The molecule has 1 N–H and O–H groups in total. The van der Waals surface area contributed by atoms with Crippen molar-refractivity contribution in [2.75, 3.05) is 26.7 Å². The van der Waals surface area contributed by atoms with Crippen molar-refractivity contribution in [3.05, 3.63) is 30.2 Å². The maximum atomic E-state index is 4.50. The average Bonchev–Trinajstić information content (AvgIpc) is 3.23. The molecule has 0 aromatic carbocycles. The summed E-state index contributed by atoms with van der Waals surface area (Å²) in [6, 6.07) is 5.98. The Morgan fingerprint density at radius 2 is 1.96 bits per heavy atom. The fraction of sp³-hybridized carbons (Fsp3) is 0.611. The van der Waals surface area contributed by atoms with E-state index in [4.69, 9.17) is 0 Å². The number of pyridine rings is 1. The summed E-state index contributed by atoms with van der Waals surface area (Å²) in [5.41, 5.74) is 0.903. The summed E-state index contributed by atoms with van der Waals surface area (Å²) in [4.78, 5) is 6.94. The minimum atomic E-state index is 0. The molecule has 136 valence electrons. The highest BCUT2D eigenvalue weighted by Crippen LogP contribution is 2.35. The molecule has 0 radical (unpaired) electrons. The first-order chi connectivity index (χ1) is 11.8. The van der Waals surface area contributed by atoms with Crippen LogP contribution in [-0.4, -0.2) is 52.1 Å². The van der Waals surface area contributed by atoms with Crippen LogP contribution in [-0.2, 0) is 6.42 Å². The normalized spacial score (nSPS) is 23.4. The van der Waals surface area contributed by atoms with Crippen molar-refractivity contribution in [1.29, 1.82) is 0 Å². The third-order valence-corrected chi connectivity index (χ3v) is 5.50. The molecule has 1 aliphatic heterocycles. The highest BCUT2D eigenvalue weighted by molar-refractivity contribution is 14.0. The Hall–Kier alpha value is -1.38. The molecule has 2 aromatic rings. The molecule has 25 heavy (non-hydrogen) atoms. The van der Waals surface area contributed by atoms with E-state index in [-0.39, 0.29) is 24.0 Å².